The molecule has 8 heteroatoms. The summed E-state index contributed by atoms with van der Waals surface area (Å²) in [5.74, 6) is 0.825. The van der Waals surface area contributed by atoms with Gasteiger partial charge in [-0.2, -0.15) is 5.26 Å². The molecule has 2 N–H and O–H groups in total. The highest BCUT2D eigenvalue weighted by atomic mass is 16.5. The van der Waals surface area contributed by atoms with Crippen molar-refractivity contribution in [1.29, 1.82) is 5.26 Å². The number of carbonyl (C=O) groups is 1. The van der Waals surface area contributed by atoms with Gasteiger partial charge in [-0.25, -0.2) is 4.98 Å². The summed E-state index contributed by atoms with van der Waals surface area (Å²) in [6.07, 6.45) is 0.514. The van der Waals surface area contributed by atoms with E-state index in [1.54, 1.807) is 26.2 Å². The number of para-hydroxylation sites is 1. The molecule has 8 nitrogen and oxygen atoms in total. The second-order valence-electron chi connectivity index (χ2n) is 8.28. The summed E-state index contributed by atoms with van der Waals surface area (Å²) in [5, 5.41) is 23.1. The minimum Gasteiger partial charge on any atom is -0.496 e. The van der Waals surface area contributed by atoms with E-state index < -0.39 is 6.10 Å². The molecule has 1 atom stereocenters. The number of carbonyl (C=O) groups excluding carboxylic acids is 1. The Hall–Kier alpha value is -3.15. The van der Waals surface area contributed by atoms with Crippen molar-refractivity contribution in [3.05, 3.63) is 53.3 Å². The van der Waals surface area contributed by atoms with Crippen LogP contribution in [0.2, 0.25) is 0 Å². The van der Waals surface area contributed by atoms with Crippen LogP contribution in [-0.4, -0.2) is 54.6 Å². The highest BCUT2D eigenvalue weighted by molar-refractivity contribution is 5.69. The number of rotatable bonds is 13. The van der Waals surface area contributed by atoms with Gasteiger partial charge >= 0.3 is 5.97 Å². The summed E-state index contributed by atoms with van der Waals surface area (Å²) in [4.78, 5) is 15.7. The van der Waals surface area contributed by atoms with E-state index in [0.717, 1.165) is 17.7 Å². The first-order valence-electron chi connectivity index (χ1n) is 11.0. The maximum atomic E-state index is 11.5. The molecule has 1 aromatic heterocycles. The molecule has 0 saturated heterocycles. The molecule has 1 aromatic carbocycles. The lowest BCUT2D eigenvalue weighted by atomic mass is 9.94. The first-order chi connectivity index (χ1) is 15.8. The number of aryl methyl sites for hydroxylation is 1. The molecule has 0 saturated carbocycles. The lowest BCUT2D eigenvalue weighted by molar-refractivity contribution is -0.143. The molecule has 1 heterocycles. The number of pyridine rings is 1. The maximum Gasteiger partial charge on any atom is 0.306 e. The van der Waals surface area contributed by atoms with Crippen molar-refractivity contribution in [2.24, 2.45) is 0 Å². The average Bonchev–Trinajstić information content (AvgIpc) is 2.80. The highest BCUT2D eigenvalue weighted by Gasteiger charge is 2.21. The summed E-state index contributed by atoms with van der Waals surface area (Å²) in [6, 6.07) is 13.2. The van der Waals surface area contributed by atoms with Crippen LogP contribution in [0.25, 0.3) is 0 Å². The number of nitrogens with one attached hydrogen (secondary N) is 1. The molecule has 178 valence electrons. The van der Waals surface area contributed by atoms with Crippen molar-refractivity contribution < 1.29 is 24.1 Å². The molecule has 0 unspecified atom stereocenters. The quantitative estimate of drug-likeness (QED) is 0.443. The van der Waals surface area contributed by atoms with Gasteiger partial charge in [0, 0.05) is 24.2 Å². The number of aromatic nitrogens is 1. The molecular weight excluding hydrogens is 422 g/mol. The van der Waals surface area contributed by atoms with Gasteiger partial charge < -0.3 is 24.6 Å². The van der Waals surface area contributed by atoms with Crippen molar-refractivity contribution in [3.63, 3.8) is 0 Å². The first-order valence-corrected chi connectivity index (χ1v) is 11.0. The van der Waals surface area contributed by atoms with Crippen LogP contribution < -0.4 is 14.8 Å². The number of ether oxygens (including phenoxy) is 3. The van der Waals surface area contributed by atoms with Gasteiger partial charge in [-0.05, 0) is 51.0 Å². The van der Waals surface area contributed by atoms with Gasteiger partial charge in [-0.3, -0.25) is 4.79 Å². The fraction of sp³-hybridized carbons (Fsp3) is 0.480. The minimum absolute atomic E-state index is 0.0102. The molecule has 0 spiro atoms. The van der Waals surface area contributed by atoms with Gasteiger partial charge in [0.25, 0.3) is 0 Å². The van der Waals surface area contributed by atoms with Crippen LogP contribution in [-0.2, 0) is 22.4 Å². The summed E-state index contributed by atoms with van der Waals surface area (Å²) < 4.78 is 16.0. The van der Waals surface area contributed by atoms with Crippen LogP contribution >= 0.6 is 0 Å². The molecule has 0 bridgehead atoms. The third-order valence-corrected chi connectivity index (χ3v) is 4.98. The van der Waals surface area contributed by atoms with E-state index in [1.807, 2.05) is 30.3 Å². The Morgan fingerprint density at radius 3 is 2.70 bits per heavy atom. The third-order valence-electron chi connectivity index (χ3n) is 4.98. The SMILES string of the molecule is CCOC(=O)CCc1ccc(OC[C@H](O)CNC(C)(C)Cc2ccccc2OC)c(C#N)n1. The fourth-order valence-corrected chi connectivity index (χ4v) is 3.31. The van der Waals surface area contributed by atoms with Crippen LogP contribution in [0.1, 0.15) is 44.1 Å². The zero-order chi connectivity index (χ0) is 24.3. The number of esters is 1. The van der Waals surface area contributed by atoms with Gasteiger partial charge in [0.1, 0.15) is 24.5 Å². The molecule has 0 aliphatic heterocycles. The second-order valence-corrected chi connectivity index (χ2v) is 8.28. The summed E-state index contributed by atoms with van der Waals surface area (Å²) in [6.45, 7) is 6.52. The van der Waals surface area contributed by atoms with Crippen molar-refractivity contribution in [2.45, 2.75) is 51.7 Å². The number of hydrogen-bond donors (Lipinski definition) is 2. The average molecular weight is 456 g/mol. The number of nitriles is 1. The molecule has 2 aromatic rings. The Morgan fingerprint density at radius 2 is 2.00 bits per heavy atom. The van der Waals surface area contributed by atoms with Gasteiger partial charge in [0.05, 0.1) is 20.1 Å². The Bertz CT molecular complexity index is 955. The summed E-state index contributed by atoms with van der Waals surface area (Å²) >= 11 is 0. The predicted molar refractivity (Wildman–Crippen MR) is 124 cm³/mol. The Morgan fingerprint density at radius 1 is 1.24 bits per heavy atom. The molecule has 0 amide bonds. The van der Waals surface area contributed by atoms with Crippen LogP contribution in [0.15, 0.2) is 36.4 Å². The van der Waals surface area contributed by atoms with E-state index in [9.17, 15) is 15.2 Å². The lowest BCUT2D eigenvalue weighted by Crippen LogP contribution is -2.46. The van der Waals surface area contributed by atoms with Crippen molar-refractivity contribution >= 4 is 5.97 Å². The number of aliphatic hydroxyl groups excluding tert-OH is 1. The van der Waals surface area contributed by atoms with E-state index in [0.29, 0.717) is 31.0 Å². The lowest BCUT2D eigenvalue weighted by Gasteiger charge is -2.28. The standard InChI is InChI=1S/C25H33N3O5/c1-5-32-24(30)13-11-19-10-12-23(21(15-26)28-19)33-17-20(29)16-27-25(2,3)14-18-8-6-7-9-22(18)31-4/h6-10,12,20,27,29H,5,11,13-14,16-17H2,1-4H3/t20-/m1/s1. The topological polar surface area (TPSA) is 114 Å². The molecular formula is C25H33N3O5. The van der Waals surface area contributed by atoms with Gasteiger partial charge in [-0.1, -0.05) is 18.2 Å². The van der Waals surface area contributed by atoms with E-state index in [-0.39, 0.29) is 30.2 Å². The maximum absolute atomic E-state index is 11.5. The largest absolute Gasteiger partial charge is 0.496 e. The van der Waals surface area contributed by atoms with Crippen LogP contribution in [0.5, 0.6) is 11.5 Å². The van der Waals surface area contributed by atoms with Crippen LogP contribution in [0.3, 0.4) is 0 Å². The second kappa shape index (κ2) is 12.8. The van der Waals surface area contributed by atoms with Crippen LogP contribution in [0, 0.1) is 11.3 Å². The van der Waals surface area contributed by atoms with Gasteiger partial charge in [-0.15, -0.1) is 0 Å². The highest BCUT2D eigenvalue weighted by Crippen LogP contribution is 2.23. The Balaban J connectivity index is 1.86. The minimum atomic E-state index is -0.781. The van der Waals surface area contributed by atoms with E-state index >= 15 is 0 Å². The predicted octanol–water partition coefficient (Wildman–Crippen LogP) is 2.81. The number of β-amino-alcohol motifs (C(OH)–C–C–N with tert-alkyl or cyclic N) is 1. The number of benzene rings is 1. The molecule has 0 aliphatic rings. The molecule has 0 fully saturated rings. The number of methoxy groups -OCH3 is 1. The van der Waals surface area contributed by atoms with Crippen molar-refractivity contribution in [3.8, 4) is 17.6 Å². The molecule has 33 heavy (non-hydrogen) atoms. The number of nitrogens with zero attached hydrogens (tertiary/aromatic N) is 2. The number of aliphatic hydroxyl groups is 1. The van der Waals surface area contributed by atoms with Crippen molar-refractivity contribution in [1.82, 2.24) is 10.3 Å². The molecule has 2 rings (SSSR count). The van der Waals surface area contributed by atoms with Crippen molar-refractivity contribution in [2.75, 3.05) is 26.9 Å². The van der Waals surface area contributed by atoms with Gasteiger partial charge in [0.2, 0.25) is 0 Å². The van der Waals surface area contributed by atoms with Crippen LogP contribution in [0.4, 0.5) is 0 Å². The zero-order valence-electron chi connectivity index (χ0n) is 19.8. The Labute approximate surface area is 195 Å². The van der Waals surface area contributed by atoms with Gasteiger partial charge in [0.15, 0.2) is 11.4 Å². The third kappa shape index (κ3) is 8.72. The van der Waals surface area contributed by atoms with E-state index in [4.69, 9.17) is 14.2 Å². The first kappa shape index (κ1) is 26.1. The summed E-state index contributed by atoms with van der Waals surface area (Å²) in [5.41, 5.74) is 1.52. The molecule has 0 radical (unpaired) electrons. The Kier molecular flexibility index (Phi) is 10.1. The number of hydrogen-bond acceptors (Lipinski definition) is 8. The van der Waals surface area contributed by atoms with E-state index in [1.165, 1.54) is 0 Å². The fourth-order valence-electron chi connectivity index (χ4n) is 3.31. The smallest absolute Gasteiger partial charge is 0.306 e. The normalized spacial score (nSPS) is 12.0. The molecule has 0 aliphatic carbocycles. The van der Waals surface area contributed by atoms with E-state index in [2.05, 4.69) is 24.1 Å². The summed E-state index contributed by atoms with van der Waals surface area (Å²) in [7, 11) is 1.65. The zero-order valence-corrected chi connectivity index (χ0v) is 19.8. The monoisotopic (exact) mass is 455 g/mol.